The lowest BCUT2D eigenvalue weighted by atomic mass is 9.98. The van der Waals surface area contributed by atoms with E-state index in [-0.39, 0.29) is 29.3 Å². The lowest BCUT2D eigenvalue weighted by molar-refractivity contribution is -0.149. The summed E-state index contributed by atoms with van der Waals surface area (Å²) in [5, 5.41) is 1.19. The van der Waals surface area contributed by atoms with Crippen molar-refractivity contribution in [2.45, 2.75) is 39.3 Å². The number of carbonyl (C=O) groups excluding carboxylic acids is 2. The van der Waals surface area contributed by atoms with Gasteiger partial charge in [-0.2, -0.15) is 0 Å². The van der Waals surface area contributed by atoms with Gasteiger partial charge in [-0.15, -0.1) is 0 Å². The van der Waals surface area contributed by atoms with Crippen molar-refractivity contribution in [3.05, 3.63) is 89.5 Å². The SMILES string of the molecule is CCOC(=O)[C@@H]1CCCN(C(=O)c2coc(CN(CCc3c[nH]c4ccccc34)Cc3ccc(F)cc3)n2)C1. The molecule has 0 bridgehead atoms. The Morgan fingerprint density at radius 3 is 2.82 bits per heavy atom. The van der Waals surface area contributed by atoms with Crippen LogP contribution in [0.4, 0.5) is 4.39 Å². The van der Waals surface area contributed by atoms with E-state index in [2.05, 4.69) is 27.0 Å². The number of amides is 1. The number of fused-ring (bicyclic) bond motifs is 1. The smallest absolute Gasteiger partial charge is 0.310 e. The summed E-state index contributed by atoms with van der Waals surface area (Å²) in [7, 11) is 0. The number of hydrogen-bond donors (Lipinski definition) is 1. The highest BCUT2D eigenvalue weighted by Gasteiger charge is 2.31. The van der Waals surface area contributed by atoms with E-state index in [0.29, 0.717) is 51.6 Å². The van der Waals surface area contributed by atoms with Gasteiger partial charge in [0.2, 0.25) is 5.89 Å². The molecule has 0 radical (unpaired) electrons. The Bertz CT molecular complexity index is 1410. The molecule has 3 heterocycles. The molecule has 1 aliphatic heterocycles. The molecule has 5 rings (SSSR count). The number of aromatic amines is 1. The summed E-state index contributed by atoms with van der Waals surface area (Å²) in [6.07, 6.45) is 5.66. The molecule has 1 aliphatic rings. The second-order valence-electron chi connectivity index (χ2n) is 9.92. The van der Waals surface area contributed by atoms with Crippen LogP contribution < -0.4 is 0 Å². The number of nitrogens with one attached hydrogen (secondary N) is 1. The van der Waals surface area contributed by atoms with Gasteiger partial charge in [0.25, 0.3) is 5.91 Å². The standard InChI is InChI=1S/C30H33FN4O4/c1-2-38-30(37)23-6-5-14-35(18-23)29(36)27-20-39-28(33-27)19-34(17-21-9-11-24(31)12-10-21)15-13-22-16-32-26-8-4-3-7-25(22)26/h3-4,7-12,16,20,23,32H,2,5-6,13-15,17-19H2,1H3/t23-/m1/s1. The monoisotopic (exact) mass is 532 g/mol. The normalized spacial score (nSPS) is 15.7. The molecule has 4 aromatic rings. The fourth-order valence-corrected chi connectivity index (χ4v) is 5.13. The quantitative estimate of drug-likeness (QED) is 0.291. The molecule has 1 saturated heterocycles. The Morgan fingerprint density at radius 2 is 2.00 bits per heavy atom. The van der Waals surface area contributed by atoms with Crippen LogP contribution in [0.1, 0.15) is 47.3 Å². The Labute approximate surface area is 226 Å². The second-order valence-corrected chi connectivity index (χ2v) is 9.92. The number of ether oxygens (including phenoxy) is 1. The number of rotatable bonds is 10. The largest absolute Gasteiger partial charge is 0.466 e. The van der Waals surface area contributed by atoms with Crippen molar-refractivity contribution in [3.63, 3.8) is 0 Å². The van der Waals surface area contributed by atoms with Gasteiger partial charge in [-0.05, 0) is 55.5 Å². The van der Waals surface area contributed by atoms with Crippen molar-refractivity contribution >= 4 is 22.8 Å². The molecular weight excluding hydrogens is 499 g/mol. The number of piperidine rings is 1. The number of hydrogen-bond acceptors (Lipinski definition) is 6. The van der Waals surface area contributed by atoms with Crippen molar-refractivity contribution in [1.82, 2.24) is 19.8 Å². The van der Waals surface area contributed by atoms with Gasteiger partial charge in [-0.3, -0.25) is 14.5 Å². The highest BCUT2D eigenvalue weighted by atomic mass is 19.1. The summed E-state index contributed by atoms with van der Waals surface area (Å²) in [6, 6.07) is 14.6. The van der Waals surface area contributed by atoms with Crippen LogP contribution in [0.5, 0.6) is 0 Å². The molecule has 0 unspecified atom stereocenters. The topological polar surface area (TPSA) is 91.7 Å². The van der Waals surface area contributed by atoms with Crippen LogP contribution in [-0.2, 0) is 29.0 Å². The first kappa shape index (κ1) is 26.6. The number of nitrogens with zero attached hydrogens (tertiary/aromatic N) is 3. The Kier molecular flexibility index (Phi) is 8.36. The number of para-hydroxylation sites is 1. The molecule has 2 aromatic carbocycles. The molecule has 39 heavy (non-hydrogen) atoms. The van der Waals surface area contributed by atoms with Gasteiger partial charge >= 0.3 is 5.97 Å². The zero-order chi connectivity index (χ0) is 27.2. The first-order valence-electron chi connectivity index (χ1n) is 13.4. The fraction of sp³-hybridized carbons (Fsp3) is 0.367. The highest BCUT2D eigenvalue weighted by Crippen LogP contribution is 2.22. The van der Waals surface area contributed by atoms with Gasteiger partial charge in [0, 0.05) is 43.3 Å². The van der Waals surface area contributed by atoms with E-state index in [9.17, 15) is 14.0 Å². The summed E-state index contributed by atoms with van der Waals surface area (Å²) in [4.78, 5) is 37.0. The van der Waals surface area contributed by atoms with E-state index in [0.717, 1.165) is 23.9 Å². The van der Waals surface area contributed by atoms with Crippen molar-refractivity contribution < 1.29 is 23.1 Å². The third-order valence-corrected chi connectivity index (χ3v) is 7.15. The van der Waals surface area contributed by atoms with Crippen LogP contribution in [0.25, 0.3) is 10.9 Å². The summed E-state index contributed by atoms with van der Waals surface area (Å²) in [5.41, 5.74) is 3.50. The third kappa shape index (κ3) is 6.54. The predicted molar refractivity (Wildman–Crippen MR) is 144 cm³/mol. The maximum Gasteiger partial charge on any atom is 0.310 e. The van der Waals surface area contributed by atoms with E-state index in [1.165, 1.54) is 29.3 Å². The number of benzene rings is 2. The summed E-state index contributed by atoms with van der Waals surface area (Å²) in [6.45, 7) is 4.66. The Morgan fingerprint density at radius 1 is 1.18 bits per heavy atom. The van der Waals surface area contributed by atoms with Crippen LogP contribution in [0.2, 0.25) is 0 Å². The molecule has 8 nitrogen and oxygen atoms in total. The molecule has 9 heteroatoms. The Balaban J connectivity index is 1.27. The molecule has 0 aliphatic carbocycles. The summed E-state index contributed by atoms with van der Waals surface area (Å²) >= 11 is 0. The maximum absolute atomic E-state index is 13.5. The minimum atomic E-state index is -0.315. The van der Waals surface area contributed by atoms with E-state index in [1.807, 2.05) is 18.3 Å². The van der Waals surface area contributed by atoms with Crippen LogP contribution in [-0.4, -0.2) is 57.9 Å². The maximum atomic E-state index is 13.5. The minimum absolute atomic E-state index is 0.230. The predicted octanol–water partition coefficient (Wildman–Crippen LogP) is 4.96. The zero-order valence-corrected chi connectivity index (χ0v) is 22.1. The molecule has 0 spiro atoms. The molecule has 1 N–H and O–H groups in total. The van der Waals surface area contributed by atoms with Crippen LogP contribution >= 0.6 is 0 Å². The molecule has 1 fully saturated rings. The number of H-pyrrole nitrogens is 1. The van der Waals surface area contributed by atoms with E-state index in [4.69, 9.17) is 9.15 Å². The van der Waals surface area contributed by atoms with Gasteiger partial charge in [-0.25, -0.2) is 9.37 Å². The van der Waals surface area contributed by atoms with E-state index < -0.39 is 0 Å². The number of halogens is 1. The number of oxazole rings is 1. The molecule has 1 amide bonds. The van der Waals surface area contributed by atoms with Crippen molar-refractivity contribution in [1.29, 1.82) is 0 Å². The van der Waals surface area contributed by atoms with Gasteiger partial charge in [0.1, 0.15) is 12.1 Å². The molecule has 2 aromatic heterocycles. The molecule has 1 atom stereocenters. The van der Waals surface area contributed by atoms with Crippen LogP contribution in [0, 0.1) is 11.7 Å². The highest BCUT2D eigenvalue weighted by molar-refractivity contribution is 5.92. The average molecular weight is 533 g/mol. The third-order valence-electron chi connectivity index (χ3n) is 7.15. The first-order valence-corrected chi connectivity index (χ1v) is 13.4. The van der Waals surface area contributed by atoms with Gasteiger partial charge in [0.15, 0.2) is 5.69 Å². The van der Waals surface area contributed by atoms with Gasteiger partial charge < -0.3 is 19.0 Å². The van der Waals surface area contributed by atoms with Crippen molar-refractivity contribution in [3.8, 4) is 0 Å². The lowest BCUT2D eigenvalue weighted by Crippen LogP contribution is -2.43. The number of carbonyl (C=O) groups is 2. The second kappa shape index (κ2) is 12.3. The summed E-state index contributed by atoms with van der Waals surface area (Å²) in [5.74, 6) is -0.670. The van der Waals surface area contributed by atoms with Crippen molar-refractivity contribution in [2.24, 2.45) is 5.92 Å². The minimum Gasteiger partial charge on any atom is -0.466 e. The lowest BCUT2D eigenvalue weighted by Gasteiger charge is -2.30. The number of esters is 1. The van der Waals surface area contributed by atoms with Crippen LogP contribution in [0.3, 0.4) is 0 Å². The fourth-order valence-electron chi connectivity index (χ4n) is 5.13. The number of likely N-dealkylation sites (tertiary alicyclic amines) is 1. The first-order chi connectivity index (χ1) is 19.0. The van der Waals surface area contributed by atoms with Gasteiger partial charge in [0.05, 0.1) is 19.1 Å². The van der Waals surface area contributed by atoms with E-state index in [1.54, 1.807) is 24.0 Å². The van der Waals surface area contributed by atoms with Crippen molar-refractivity contribution in [2.75, 3.05) is 26.2 Å². The summed E-state index contributed by atoms with van der Waals surface area (Å²) < 4.78 is 24.4. The molecular formula is C30H33FN4O4. The van der Waals surface area contributed by atoms with Crippen LogP contribution in [0.15, 0.2) is 65.4 Å². The average Bonchev–Trinajstić information content (AvgIpc) is 3.60. The number of aromatic nitrogens is 2. The Hall–Kier alpha value is -3.98. The molecule has 204 valence electrons. The zero-order valence-electron chi connectivity index (χ0n) is 22.1. The van der Waals surface area contributed by atoms with Gasteiger partial charge in [-0.1, -0.05) is 30.3 Å². The van der Waals surface area contributed by atoms with E-state index >= 15 is 0 Å². The molecule has 0 saturated carbocycles.